The lowest BCUT2D eigenvalue weighted by Crippen LogP contribution is -2.25. The molecule has 0 amide bonds. The summed E-state index contributed by atoms with van der Waals surface area (Å²) in [6.07, 6.45) is 1.02. The van der Waals surface area contributed by atoms with Gasteiger partial charge in [-0.2, -0.15) is 0 Å². The molecule has 0 spiro atoms. The first-order chi connectivity index (χ1) is 9.22. The molecule has 2 nitrogen and oxygen atoms in total. The summed E-state index contributed by atoms with van der Waals surface area (Å²) in [7, 11) is 0. The summed E-state index contributed by atoms with van der Waals surface area (Å²) in [4.78, 5) is 0. The molecule has 0 aliphatic heterocycles. The SMILES string of the molecule is CCC(CN)Oc1ccc(-c2ccc(Br)cc2)cc1. The third-order valence-electron chi connectivity index (χ3n) is 3.05. The van der Waals surface area contributed by atoms with Crippen LogP contribution in [0.5, 0.6) is 5.75 Å². The molecule has 2 aromatic carbocycles. The molecule has 0 aromatic heterocycles. The Morgan fingerprint density at radius 2 is 1.53 bits per heavy atom. The van der Waals surface area contributed by atoms with Gasteiger partial charge in [-0.05, 0) is 41.8 Å². The van der Waals surface area contributed by atoms with Crippen molar-refractivity contribution in [1.29, 1.82) is 0 Å². The zero-order chi connectivity index (χ0) is 13.7. The van der Waals surface area contributed by atoms with E-state index in [-0.39, 0.29) is 6.10 Å². The van der Waals surface area contributed by atoms with E-state index in [1.807, 2.05) is 24.3 Å². The molecule has 2 aromatic rings. The molecular formula is C16H18BrNO. The zero-order valence-corrected chi connectivity index (χ0v) is 12.6. The molecule has 0 aliphatic carbocycles. The molecule has 2 rings (SSSR count). The van der Waals surface area contributed by atoms with Gasteiger partial charge in [0.1, 0.15) is 11.9 Å². The van der Waals surface area contributed by atoms with Crippen molar-refractivity contribution in [2.24, 2.45) is 5.73 Å². The van der Waals surface area contributed by atoms with Crippen molar-refractivity contribution < 1.29 is 4.74 Å². The molecule has 2 N–H and O–H groups in total. The van der Waals surface area contributed by atoms with Crippen molar-refractivity contribution in [2.75, 3.05) is 6.54 Å². The Morgan fingerprint density at radius 3 is 2.00 bits per heavy atom. The molecule has 0 heterocycles. The summed E-state index contributed by atoms with van der Waals surface area (Å²) in [6, 6.07) is 16.4. The number of ether oxygens (including phenoxy) is 1. The Hall–Kier alpha value is -1.32. The van der Waals surface area contributed by atoms with Crippen LogP contribution in [0.25, 0.3) is 11.1 Å². The lowest BCUT2D eigenvalue weighted by Gasteiger charge is -2.15. The van der Waals surface area contributed by atoms with Crippen LogP contribution in [0.1, 0.15) is 13.3 Å². The number of nitrogens with two attached hydrogens (primary N) is 1. The Bertz CT molecular complexity index is 503. The average molecular weight is 320 g/mol. The molecule has 1 unspecified atom stereocenters. The Kier molecular flexibility index (Phi) is 5.00. The van der Waals surface area contributed by atoms with Crippen LogP contribution in [-0.2, 0) is 0 Å². The van der Waals surface area contributed by atoms with Crippen LogP contribution in [0.3, 0.4) is 0 Å². The molecule has 19 heavy (non-hydrogen) atoms. The van der Waals surface area contributed by atoms with E-state index in [0.717, 1.165) is 16.6 Å². The summed E-state index contributed by atoms with van der Waals surface area (Å²) in [6.45, 7) is 2.62. The van der Waals surface area contributed by atoms with Crippen LogP contribution in [0.4, 0.5) is 0 Å². The average Bonchev–Trinajstić information content (AvgIpc) is 2.46. The van der Waals surface area contributed by atoms with Crippen molar-refractivity contribution in [1.82, 2.24) is 0 Å². The van der Waals surface area contributed by atoms with Crippen molar-refractivity contribution in [3.05, 3.63) is 53.0 Å². The van der Waals surface area contributed by atoms with Crippen molar-refractivity contribution >= 4 is 15.9 Å². The van der Waals surface area contributed by atoms with E-state index < -0.39 is 0 Å². The summed E-state index contributed by atoms with van der Waals surface area (Å²) in [5.41, 5.74) is 8.01. The predicted octanol–water partition coefficient (Wildman–Crippen LogP) is 4.23. The minimum Gasteiger partial charge on any atom is -0.489 e. The van der Waals surface area contributed by atoms with Gasteiger partial charge in [-0.15, -0.1) is 0 Å². The number of rotatable bonds is 5. The fourth-order valence-electron chi connectivity index (χ4n) is 1.86. The first kappa shape index (κ1) is 14.1. The quantitative estimate of drug-likeness (QED) is 0.895. The van der Waals surface area contributed by atoms with Gasteiger partial charge in [0, 0.05) is 11.0 Å². The second-order valence-electron chi connectivity index (χ2n) is 4.42. The van der Waals surface area contributed by atoms with Gasteiger partial charge in [0.15, 0.2) is 0 Å². The van der Waals surface area contributed by atoms with Gasteiger partial charge in [0.2, 0.25) is 0 Å². The third-order valence-corrected chi connectivity index (χ3v) is 3.58. The lowest BCUT2D eigenvalue weighted by atomic mass is 10.1. The summed E-state index contributed by atoms with van der Waals surface area (Å²) in [5, 5.41) is 0. The predicted molar refractivity (Wildman–Crippen MR) is 83.3 cm³/mol. The standard InChI is InChI=1S/C16H18BrNO/c1-2-15(11-18)19-16-9-5-13(6-10-16)12-3-7-14(17)8-4-12/h3-10,15H,2,11,18H2,1H3. The second kappa shape index (κ2) is 6.73. The maximum Gasteiger partial charge on any atom is 0.119 e. The van der Waals surface area contributed by atoms with Gasteiger partial charge in [-0.1, -0.05) is 47.1 Å². The van der Waals surface area contributed by atoms with E-state index in [2.05, 4.69) is 47.1 Å². The first-order valence-electron chi connectivity index (χ1n) is 6.45. The van der Waals surface area contributed by atoms with Crippen LogP contribution in [-0.4, -0.2) is 12.6 Å². The van der Waals surface area contributed by atoms with Gasteiger partial charge in [0.05, 0.1) is 0 Å². The van der Waals surface area contributed by atoms with Crippen molar-refractivity contribution in [3.63, 3.8) is 0 Å². The molecule has 0 bridgehead atoms. The van der Waals surface area contributed by atoms with Gasteiger partial charge in [-0.3, -0.25) is 0 Å². The van der Waals surface area contributed by atoms with E-state index in [1.165, 1.54) is 11.1 Å². The third kappa shape index (κ3) is 3.82. The number of halogens is 1. The minimum absolute atomic E-state index is 0.0959. The highest BCUT2D eigenvalue weighted by Gasteiger charge is 2.05. The Morgan fingerprint density at radius 1 is 1.00 bits per heavy atom. The number of hydrogen-bond donors (Lipinski definition) is 1. The van der Waals surface area contributed by atoms with Crippen LogP contribution < -0.4 is 10.5 Å². The largest absolute Gasteiger partial charge is 0.489 e. The fraction of sp³-hybridized carbons (Fsp3) is 0.250. The molecule has 100 valence electrons. The Balaban J connectivity index is 2.12. The number of hydrogen-bond acceptors (Lipinski definition) is 2. The fourth-order valence-corrected chi connectivity index (χ4v) is 2.12. The van der Waals surface area contributed by atoms with E-state index in [1.54, 1.807) is 0 Å². The van der Waals surface area contributed by atoms with E-state index in [9.17, 15) is 0 Å². The maximum absolute atomic E-state index is 5.79. The number of benzene rings is 2. The van der Waals surface area contributed by atoms with Crippen LogP contribution in [0.2, 0.25) is 0 Å². The summed E-state index contributed by atoms with van der Waals surface area (Å²) in [5.74, 6) is 0.873. The smallest absolute Gasteiger partial charge is 0.119 e. The van der Waals surface area contributed by atoms with Crippen molar-refractivity contribution in [3.8, 4) is 16.9 Å². The van der Waals surface area contributed by atoms with E-state index >= 15 is 0 Å². The van der Waals surface area contributed by atoms with Gasteiger partial charge < -0.3 is 10.5 Å². The summed E-state index contributed by atoms with van der Waals surface area (Å²) < 4.78 is 6.88. The van der Waals surface area contributed by atoms with Crippen LogP contribution in [0, 0.1) is 0 Å². The molecular weight excluding hydrogens is 302 g/mol. The molecule has 3 heteroatoms. The van der Waals surface area contributed by atoms with Crippen molar-refractivity contribution in [2.45, 2.75) is 19.4 Å². The minimum atomic E-state index is 0.0959. The normalized spacial score (nSPS) is 12.2. The highest BCUT2D eigenvalue weighted by Crippen LogP contribution is 2.24. The second-order valence-corrected chi connectivity index (χ2v) is 5.33. The van der Waals surface area contributed by atoms with E-state index in [4.69, 9.17) is 10.5 Å². The lowest BCUT2D eigenvalue weighted by molar-refractivity contribution is 0.205. The van der Waals surface area contributed by atoms with Crippen LogP contribution >= 0.6 is 15.9 Å². The van der Waals surface area contributed by atoms with E-state index in [0.29, 0.717) is 6.54 Å². The highest BCUT2D eigenvalue weighted by atomic mass is 79.9. The first-order valence-corrected chi connectivity index (χ1v) is 7.25. The maximum atomic E-state index is 5.79. The molecule has 0 aliphatic rings. The van der Waals surface area contributed by atoms with Gasteiger partial charge in [-0.25, -0.2) is 0 Å². The van der Waals surface area contributed by atoms with Gasteiger partial charge in [0.25, 0.3) is 0 Å². The molecule has 0 saturated heterocycles. The molecule has 1 atom stereocenters. The molecule has 0 fully saturated rings. The summed E-state index contributed by atoms with van der Waals surface area (Å²) >= 11 is 3.44. The highest BCUT2D eigenvalue weighted by molar-refractivity contribution is 9.10. The molecule has 0 saturated carbocycles. The topological polar surface area (TPSA) is 35.2 Å². The Labute approximate surface area is 122 Å². The van der Waals surface area contributed by atoms with Gasteiger partial charge >= 0.3 is 0 Å². The monoisotopic (exact) mass is 319 g/mol. The zero-order valence-electron chi connectivity index (χ0n) is 11.0. The van der Waals surface area contributed by atoms with Crippen LogP contribution in [0.15, 0.2) is 53.0 Å². The molecule has 0 radical (unpaired) electrons.